The van der Waals surface area contributed by atoms with Gasteiger partial charge < -0.3 is 16.2 Å². The number of nitrogens with two attached hydrogens (primary N) is 1. The molecule has 0 spiro atoms. The monoisotopic (exact) mass is 335 g/mol. The zero-order valence-electron chi connectivity index (χ0n) is 11.9. The standard InChI is InChI=1S/C15H14ClN3O4/c16-11-4-1-9(2-5-11)14(20)8-18-12-6-3-10(15(17)21)7-13(12)19(22)23/h1-7,14,18,20H,8H2,(H2,17,21)/t14-/m1/s1. The van der Waals surface area contributed by atoms with Crippen LogP contribution in [0, 0.1) is 10.1 Å². The van der Waals surface area contributed by atoms with Crippen LogP contribution in [0.15, 0.2) is 42.5 Å². The van der Waals surface area contributed by atoms with Crippen LogP contribution in [-0.4, -0.2) is 22.5 Å². The Hall–Kier alpha value is -2.64. The largest absolute Gasteiger partial charge is 0.387 e. The van der Waals surface area contributed by atoms with Crippen molar-refractivity contribution in [2.24, 2.45) is 5.73 Å². The molecule has 0 bridgehead atoms. The number of halogens is 1. The fraction of sp³-hybridized carbons (Fsp3) is 0.133. The van der Waals surface area contributed by atoms with E-state index in [4.69, 9.17) is 17.3 Å². The molecule has 2 aromatic rings. The lowest BCUT2D eigenvalue weighted by molar-refractivity contribution is -0.384. The lowest BCUT2D eigenvalue weighted by Crippen LogP contribution is -2.14. The molecule has 0 saturated heterocycles. The molecular formula is C15H14ClN3O4. The minimum Gasteiger partial charge on any atom is -0.387 e. The molecule has 8 heteroatoms. The fourth-order valence-corrected chi connectivity index (χ4v) is 2.12. The Kier molecular flexibility index (Phi) is 5.15. The van der Waals surface area contributed by atoms with Crippen LogP contribution < -0.4 is 11.1 Å². The molecule has 120 valence electrons. The smallest absolute Gasteiger partial charge is 0.293 e. The molecule has 4 N–H and O–H groups in total. The maximum absolute atomic E-state index is 11.1. The summed E-state index contributed by atoms with van der Waals surface area (Å²) in [6, 6.07) is 10.5. The summed E-state index contributed by atoms with van der Waals surface area (Å²) >= 11 is 5.78. The highest BCUT2D eigenvalue weighted by molar-refractivity contribution is 6.30. The van der Waals surface area contributed by atoms with Gasteiger partial charge in [-0.15, -0.1) is 0 Å². The number of benzene rings is 2. The zero-order valence-corrected chi connectivity index (χ0v) is 12.7. The molecule has 2 rings (SSSR count). The van der Waals surface area contributed by atoms with Crippen LogP contribution in [-0.2, 0) is 0 Å². The number of carbonyl (C=O) groups is 1. The van der Waals surface area contributed by atoms with Crippen molar-refractivity contribution >= 4 is 28.9 Å². The third kappa shape index (κ3) is 4.18. The van der Waals surface area contributed by atoms with Gasteiger partial charge >= 0.3 is 0 Å². The van der Waals surface area contributed by atoms with E-state index in [1.807, 2.05) is 0 Å². The summed E-state index contributed by atoms with van der Waals surface area (Å²) in [4.78, 5) is 21.6. The van der Waals surface area contributed by atoms with E-state index in [0.717, 1.165) is 6.07 Å². The lowest BCUT2D eigenvalue weighted by Gasteiger charge is -2.13. The van der Waals surface area contributed by atoms with E-state index in [1.165, 1.54) is 12.1 Å². The second-order valence-corrected chi connectivity index (χ2v) is 5.24. The molecule has 0 aliphatic carbocycles. The van der Waals surface area contributed by atoms with Crippen LogP contribution >= 0.6 is 11.6 Å². The number of carbonyl (C=O) groups excluding carboxylic acids is 1. The van der Waals surface area contributed by atoms with Crippen molar-refractivity contribution in [2.45, 2.75) is 6.10 Å². The highest BCUT2D eigenvalue weighted by Gasteiger charge is 2.17. The number of nitrogens with zero attached hydrogens (tertiary/aromatic N) is 1. The van der Waals surface area contributed by atoms with Crippen molar-refractivity contribution in [1.82, 2.24) is 0 Å². The maximum atomic E-state index is 11.1. The van der Waals surface area contributed by atoms with Gasteiger partial charge in [0.1, 0.15) is 5.69 Å². The summed E-state index contributed by atoms with van der Waals surface area (Å²) in [5, 5.41) is 24.5. The summed E-state index contributed by atoms with van der Waals surface area (Å²) in [6.07, 6.45) is -0.873. The number of anilines is 1. The predicted molar refractivity (Wildman–Crippen MR) is 86.5 cm³/mol. The van der Waals surface area contributed by atoms with Crippen LogP contribution in [0.25, 0.3) is 0 Å². The molecule has 0 aliphatic heterocycles. The van der Waals surface area contributed by atoms with Crippen molar-refractivity contribution in [3.8, 4) is 0 Å². The van der Waals surface area contributed by atoms with Gasteiger partial charge in [-0.2, -0.15) is 0 Å². The maximum Gasteiger partial charge on any atom is 0.293 e. The Morgan fingerprint density at radius 3 is 2.52 bits per heavy atom. The normalized spacial score (nSPS) is 11.7. The first-order valence-corrected chi connectivity index (χ1v) is 7.02. The first-order chi connectivity index (χ1) is 10.9. The van der Waals surface area contributed by atoms with Crippen LogP contribution in [0.2, 0.25) is 5.02 Å². The Morgan fingerprint density at radius 2 is 1.96 bits per heavy atom. The van der Waals surface area contributed by atoms with E-state index in [9.17, 15) is 20.0 Å². The van der Waals surface area contributed by atoms with Crippen LogP contribution in [0.3, 0.4) is 0 Å². The molecule has 0 aromatic heterocycles. The minimum atomic E-state index is -0.873. The number of hydrogen-bond donors (Lipinski definition) is 3. The van der Waals surface area contributed by atoms with E-state index in [0.29, 0.717) is 10.6 Å². The Labute approximate surface area is 136 Å². The molecule has 0 unspecified atom stereocenters. The van der Waals surface area contributed by atoms with Gasteiger partial charge in [0, 0.05) is 23.2 Å². The Morgan fingerprint density at radius 1 is 1.30 bits per heavy atom. The Bertz CT molecular complexity index is 734. The average Bonchev–Trinajstić information content (AvgIpc) is 2.52. The first-order valence-electron chi connectivity index (χ1n) is 6.64. The van der Waals surface area contributed by atoms with Gasteiger partial charge in [-0.05, 0) is 29.8 Å². The van der Waals surface area contributed by atoms with Crippen molar-refractivity contribution in [1.29, 1.82) is 0 Å². The third-order valence-electron chi connectivity index (χ3n) is 3.22. The molecule has 2 aromatic carbocycles. The summed E-state index contributed by atoms with van der Waals surface area (Å²) in [6.45, 7) is 0.0540. The number of nitro groups is 1. The predicted octanol–water partition coefficient (Wildman–Crippen LogP) is 2.49. The van der Waals surface area contributed by atoms with E-state index >= 15 is 0 Å². The first kappa shape index (κ1) is 16.7. The molecule has 23 heavy (non-hydrogen) atoms. The number of aliphatic hydroxyl groups is 1. The van der Waals surface area contributed by atoms with Crippen LogP contribution in [0.4, 0.5) is 11.4 Å². The SMILES string of the molecule is NC(=O)c1ccc(NC[C@@H](O)c2ccc(Cl)cc2)c([N+](=O)[O-])c1. The van der Waals surface area contributed by atoms with Crippen LogP contribution in [0.1, 0.15) is 22.0 Å². The number of nitrogens with one attached hydrogen (secondary N) is 1. The van der Waals surface area contributed by atoms with Crippen LogP contribution in [0.5, 0.6) is 0 Å². The number of primary amides is 1. The van der Waals surface area contributed by atoms with Gasteiger partial charge in [-0.25, -0.2) is 0 Å². The highest BCUT2D eigenvalue weighted by Crippen LogP contribution is 2.26. The second-order valence-electron chi connectivity index (χ2n) is 4.80. The van der Waals surface area contributed by atoms with Gasteiger partial charge in [-0.1, -0.05) is 23.7 Å². The van der Waals surface area contributed by atoms with Gasteiger partial charge in [0.05, 0.1) is 11.0 Å². The van der Waals surface area contributed by atoms with E-state index in [1.54, 1.807) is 24.3 Å². The van der Waals surface area contributed by atoms with Crippen molar-refractivity contribution in [3.05, 3.63) is 68.7 Å². The molecule has 0 saturated carbocycles. The number of amides is 1. The van der Waals surface area contributed by atoms with E-state index in [2.05, 4.69) is 5.32 Å². The summed E-state index contributed by atoms with van der Waals surface area (Å²) in [7, 11) is 0. The molecule has 7 nitrogen and oxygen atoms in total. The number of rotatable bonds is 6. The molecule has 0 radical (unpaired) electrons. The molecular weight excluding hydrogens is 322 g/mol. The molecule has 0 aliphatic rings. The number of hydrogen-bond acceptors (Lipinski definition) is 5. The van der Waals surface area contributed by atoms with Gasteiger partial charge in [0.2, 0.25) is 5.91 Å². The van der Waals surface area contributed by atoms with E-state index in [-0.39, 0.29) is 23.5 Å². The fourth-order valence-electron chi connectivity index (χ4n) is 1.99. The van der Waals surface area contributed by atoms with Gasteiger partial charge in [0.15, 0.2) is 0 Å². The number of aliphatic hydroxyl groups excluding tert-OH is 1. The molecule has 1 amide bonds. The molecule has 1 atom stereocenters. The second kappa shape index (κ2) is 7.08. The summed E-state index contributed by atoms with van der Waals surface area (Å²) in [5.74, 6) is -0.749. The van der Waals surface area contributed by atoms with Crippen molar-refractivity contribution in [2.75, 3.05) is 11.9 Å². The highest BCUT2D eigenvalue weighted by atomic mass is 35.5. The number of nitro benzene ring substituents is 1. The summed E-state index contributed by atoms with van der Waals surface area (Å²) in [5.41, 5.74) is 5.68. The summed E-state index contributed by atoms with van der Waals surface area (Å²) < 4.78 is 0. The molecule has 0 heterocycles. The lowest BCUT2D eigenvalue weighted by atomic mass is 10.1. The Balaban J connectivity index is 2.14. The topological polar surface area (TPSA) is 118 Å². The molecule has 0 fully saturated rings. The van der Waals surface area contributed by atoms with Crippen molar-refractivity contribution < 1.29 is 14.8 Å². The third-order valence-corrected chi connectivity index (χ3v) is 3.47. The van der Waals surface area contributed by atoms with Crippen molar-refractivity contribution in [3.63, 3.8) is 0 Å². The minimum absolute atomic E-state index is 0.0421. The van der Waals surface area contributed by atoms with Gasteiger partial charge in [0.25, 0.3) is 5.69 Å². The average molecular weight is 336 g/mol. The zero-order chi connectivity index (χ0) is 17.0. The van der Waals surface area contributed by atoms with E-state index < -0.39 is 16.9 Å². The quantitative estimate of drug-likeness (QED) is 0.553. The van der Waals surface area contributed by atoms with Gasteiger partial charge in [-0.3, -0.25) is 14.9 Å².